The van der Waals surface area contributed by atoms with Crippen LogP contribution in [0.25, 0.3) is 0 Å². The molecule has 1 heterocycles. The van der Waals surface area contributed by atoms with E-state index in [0.717, 1.165) is 6.61 Å². The summed E-state index contributed by atoms with van der Waals surface area (Å²) in [5.41, 5.74) is 0. The van der Waals surface area contributed by atoms with Crippen molar-refractivity contribution in [3.05, 3.63) is 0 Å². The summed E-state index contributed by atoms with van der Waals surface area (Å²) in [5.74, 6) is 0. The zero-order valence-electron chi connectivity index (χ0n) is 5.35. The summed E-state index contributed by atoms with van der Waals surface area (Å²) in [4.78, 5) is 0. The van der Waals surface area contributed by atoms with Crippen molar-refractivity contribution in [3.8, 4) is 6.07 Å². The second kappa shape index (κ2) is 3.45. The molecule has 1 aliphatic rings. The third-order valence-corrected chi connectivity index (χ3v) is 0.721. The molecule has 0 radical (unpaired) electrons. The van der Waals surface area contributed by atoms with E-state index in [1.807, 2.05) is 6.07 Å². The molecule has 0 aromatic carbocycles. The molecule has 0 bridgehead atoms. The van der Waals surface area contributed by atoms with Crippen LogP contribution in [-0.2, 0) is 4.74 Å². The SMILES string of the molecule is N#CCC1CO1.[H-].[Na+]. The first-order chi connectivity index (χ1) is 2.93. The average molecular weight is 107 g/mol. The molecule has 0 N–H and O–H groups in total. The van der Waals surface area contributed by atoms with Gasteiger partial charge in [0.05, 0.1) is 25.2 Å². The monoisotopic (exact) mass is 107 g/mol. The molecular weight excluding hydrogens is 101 g/mol. The number of nitriles is 1. The minimum atomic E-state index is 0. The molecule has 0 aromatic rings. The van der Waals surface area contributed by atoms with Crippen molar-refractivity contribution in [1.29, 1.82) is 5.26 Å². The zero-order valence-corrected chi connectivity index (χ0v) is 6.35. The number of nitrogens with zero attached hydrogens (tertiary/aromatic N) is 1. The number of hydrogen-bond acceptors (Lipinski definition) is 2. The Kier molecular flexibility index (Phi) is 3.67. The van der Waals surface area contributed by atoms with Gasteiger partial charge in [-0.1, -0.05) is 0 Å². The van der Waals surface area contributed by atoms with Crippen LogP contribution in [0.4, 0.5) is 0 Å². The third-order valence-electron chi connectivity index (χ3n) is 0.721. The standard InChI is InChI=1S/C4H5NO.Na.H/c5-2-1-4-3-6-4;;/h4H,1,3H2;;/q;+1;-1. The Morgan fingerprint density at radius 2 is 2.57 bits per heavy atom. The summed E-state index contributed by atoms with van der Waals surface area (Å²) in [6.45, 7) is 0.799. The van der Waals surface area contributed by atoms with E-state index in [1.165, 1.54) is 0 Å². The normalized spacial score (nSPS) is 24.7. The van der Waals surface area contributed by atoms with E-state index in [9.17, 15) is 0 Å². The van der Waals surface area contributed by atoms with Gasteiger partial charge in [0, 0.05) is 0 Å². The van der Waals surface area contributed by atoms with Crippen molar-refractivity contribution < 1.29 is 35.7 Å². The van der Waals surface area contributed by atoms with Gasteiger partial charge in [0.2, 0.25) is 0 Å². The fourth-order valence-electron chi connectivity index (χ4n) is 0.288. The van der Waals surface area contributed by atoms with Crippen LogP contribution in [0, 0.1) is 11.3 Å². The summed E-state index contributed by atoms with van der Waals surface area (Å²) in [6.07, 6.45) is 0.856. The minimum absolute atomic E-state index is 0. The van der Waals surface area contributed by atoms with E-state index in [0.29, 0.717) is 6.42 Å². The van der Waals surface area contributed by atoms with Crippen molar-refractivity contribution in [2.45, 2.75) is 12.5 Å². The summed E-state index contributed by atoms with van der Waals surface area (Å²) in [5, 5.41) is 7.95. The summed E-state index contributed by atoms with van der Waals surface area (Å²) >= 11 is 0. The van der Waals surface area contributed by atoms with Crippen LogP contribution in [-0.4, -0.2) is 12.7 Å². The molecule has 0 amide bonds. The molecule has 0 saturated carbocycles. The van der Waals surface area contributed by atoms with Crippen LogP contribution in [0.2, 0.25) is 0 Å². The van der Waals surface area contributed by atoms with Gasteiger partial charge >= 0.3 is 29.6 Å². The molecular formula is C4H6NNaO. The molecule has 1 unspecified atom stereocenters. The topological polar surface area (TPSA) is 36.3 Å². The first-order valence-electron chi connectivity index (χ1n) is 1.92. The van der Waals surface area contributed by atoms with Crippen LogP contribution >= 0.6 is 0 Å². The molecule has 1 rings (SSSR count). The average Bonchev–Trinajstić information content (AvgIpc) is 2.21. The molecule has 0 aliphatic carbocycles. The van der Waals surface area contributed by atoms with Crippen molar-refractivity contribution in [2.75, 3.05) is 6.61 Å². The van der Waals surface area contributed by atoms with Gasteiger partial charge in [0.15, 0.2) is 0 Å². The number of hydrogen-bond donors (Lipinski definition) is 0. The van der Waals surface area contributed by atoms with Gasteiger partial charge in [-0.05, 0) is 0 Å². The quantitative estimate of drug-likeness (QED) is 0.272. The number of ether oxygens (including phenoxy) is 1. The Balaban J connectivity index is 0. The molecule has 1 fully saturated rings. The van der Waals surface area contributed by atoms with Gasteiger partial charge in [0.1, 0.15) is 0 Å². The van der Waals surface area contributed by atoms with Gasteiger partial charge in [-0.15, -0.1) is 0 Å². The molecule has 1 atom stereocenters. The predicted molar refractivity (Wildman–Crippen MR) is 21.1 cm³/mol. The van der Waals surface area contributed by atoms with Crippen LogP contribution in [0.5, 0.6) is 0 Å². The molecule has 34 valence electrons. The van der Waals surface area contributed by atoms with Crippen molar-refractivity contribution in [1.82, 2.24) is 0 Å². The Hall–Kier alpha value is 0.450. The molecule has 1 aliphatic heterocycles. The van der Waals surface area contributed by atoms with Gasteiger partial charge in [-0.2, -0.15) is 5.26 Å². The fourth-order valence-corrected chi connectivity index (χ4v) is 0.288. The number of epoxide rings is 1. The second-order valence-corrected chi connectivity index (χ2v) is 1.32. The van der Waals surface area contributed by atoms with Gasteiger partial charge in [-0.3, -0.25) is 0 Å². The Labute approximate surface area is 66.2 Å². The zero-order chi connectivity index (χ0) is 4.41. The van der Waals surface area contributed by atoms with Crippen LogP contribution in [0.1, 0.15) is 7.85 Å². The van der Waals surface area contributed by atoms with Gasteiger partial charge in [0.25, 0.3) is 0 Å². The van der Waals surface area contributed by atoms with Crippen LogP contribution < -0.4 is 29.6 Å². The van der Waals surface area contributed by atoms with Gasteiger partial charge < -0.3 is 6.16 Å². The summed E-state index contributed by atoms with van der Waals surface area (Å²) < 4.78 is 4.73. The smallest absolute Gasteiger partial charge is 1.00 e. The minimum Gasteiger partial charge on any atom is -1.00 e. The largest absolute Gasteiger partial charge is 1.00 e. The molecule has 0 spiro atoms. The van der Waals surface area contributed by atoms with E-state index >= 15 is 0 Å². The Bertz CT molecular complexity index is 88.5. The summed E-state index contributed by atoms with van der Waals surface area (Å²) in [7, 11) is 0. The van der Waals surface area contributed by atoms with Gasteiger partial charge in [-0.25, -0.2) is 0 Å². The van der Waals surface area contributed by atoms with Crippen molar-refractivity contribution >= 4 is 0 Å². The first kappa shape index (κ1) is 7.45. The van der Waals surface area contributed by atoms with Crippen LogP contribution in [0.3, 0.4) is 0 Å². The second-order valence-electron chi connectivity index (χ2n) is 1.32. The van der Waals surface area contributed by atoms with E-state index in [2.05, 4.69) is 0 Å². The van der Waals surface area contributed by atoms with E-state index in [-0.39, 0.29) is 37.1 Å². The predicted octanol–water partition coefficient (Wildman–Crippen LogP) is -2.58. The van der Waals surface area contributed by atoms with E-state index in [1.54, 1.807) is 0 Å². The third kappa shape index (κ3) is 3.07. The number of rotatable bonds is 1. The van der Waals surface area contributed by atoms with E-state index < -0.39 is 0 Å². The molecule has 7 heavy (non-hydrogen) atoms. The molecule has 1 saturated heterocycles. The Morgan fingerprint density at radius 1 is 2.00 bits per heavy atom. The molecule has 3 heteroatoms. The maximum absolute atomic E-state index is 7.95. The maximum atomic E-state index is 7.95. The Morgan fingerprint density at radius 3 is 2.71 bits per heavy atom. The fraction of sp³-hybridized carbons (Fsp3) is 0.750. The summed E-state index contributed by atoms with van der Waals surface area (Å²) in [6, 6.07) is 2.00. The van der Waals surface area contributed by atoms with Crippen molar-refractivity contribution in [3.63, 3.8) is 0 Å². The van der Waals surface area contributed by atoms with Crippen molar-refractivity contribution in [2.24, 2.45) is 0 Å². The molecule has 2 nitrogen and oxygen atoms in total. The van der Waals surface area contributed by atoms with Crippen LogP contribution in [0.15, 0.2) is 0 Å². The first-order valence-corrected chi connectivity index (χ1v) is 1.92. The molecule has 0 aromatic heterocycles. The van der Waals surface area contributed by atoms with E-state index in [4.69, 9.17) is 10.00 Å². The maximum Gasteiger partial charge on any atom is 1.00 e.